The Morgan fingerprint density at radius 1 is 1.28 bits per heavy atom. The summed E-state index contributed by atoms with van der Waals surface area (Å²) < 4.78 is 45.0. The average Bonchev–Trinajstić information content (AvgIpc) is 3.07. The van der Waals surface area contributed by atoms with E-state index in [0.29, 0.717) is 23.7 Å². The number of nitrogens with zero attached hydrogens (tertiary/aromatic N) is 1. The second-order valence-corrected chi connectivity index (χ2v) is 9.01. The predicted octanol–water partition coefficient (Wildman–Crippen LogP) is 1.61. The molecule has 3 unspecified atom stereocenters. The lowest BCUT2D eigenvalue weighted by molar-refractivity contribution is -0.558. The van der Waals surface area contributed by atoms with Crippen molar-refractivity contribution in [2.45, 2.75) is 36.5 Å². The van der Waals surface area contributed by atoms with Gasteiger partial charge in [-0.05, 0) is 43.0 Å². The van der Waals surface area contributed by atoms with Crippen molar-refractivity contribution >= 4 is 15.5 Å². The van der Waals surface area contributed by atoms with Crippen LogP contribution in [0.1, 0.15) is 24.8 Å². The molecule has 0 amide bonds. The summed E-state index contributed by atoms with van der Waals surface area (Å²) >= 11 is 0. The molecule has 7 heteroatoms. The van der Waals surface area contributed by atoms with Gasteiger partial charge in [0.15, 0.2) is 21.7 Å². The molecule has 3 rings (SSSR count). The summed E-state index contributed by atoms with van der Waals surface area (Å²) in [7, 11) is -1.31. The van der Waals surface area contributed by atoms with E-state index in [1.165, 1.54) is 6.26 Å². The van der Waals surface area contributed by atoms with Gasteiger partial charge in [-0.2, -0.15) is 0 Å². The molecular formula is C18H26FN2O3S+. The minimum absolute atomic E-state index is 0.301. The SMILES string of the molecule is C[N+]1=C(c2ccc(S(C)(=O)=O)cc2)CCC(F)C1NCC1CCOC1. The molecule has 3 atom stereocenters. The third kappa shape index (κ3) is 4.27. The smallest absolute Gasteiger partial charge is 0.238 e. The van der Waals surface area contributed by atoms with Crippen LogP contribution in [-0.2, 0) is 14.6 Å². The fraction of sp³-hybridized carbons (Fsp3) is 0.611. The Morgan fingerprint density at radius 2 is 2.00 bits per heavy atom. The maximum atomic E-state index is 14.5. The molecule has 1 aromatic rings. The summed E-state index contributed by atoms with van der Waals surface area (Å²) in [5.74, 6) is 0.444. The quantitative estimate of drug-likeness (QED) is 0.801. The van der Waals surface area contributed by atoms with Crippen molar-refractivity contribution in [2.24, 2.45) is 5.92 Å². The molecule has 0 bridgehead atoms. The molecule has 2 aliphatic heterocycles. The van der Waals surface area contributed by atoms with Gasteiger partial charge in [-0.3, -0.25) is 5.32 Å². The van der Waals surface area contributed by atoms with Crippen LogP contribution in [0.2, 0.25) is 0 Å². The monoisotopic (exact) mass is 369 g/mol. The lowest BCUT2D eigenvalue weighted by Crippen LogP contribution is -2.51. The van der Waals surface area contributed by atoms with Gasteiger partial charge in [-0.15, -0.1) is 0 Å². The van der Waals surface area contributed by atoms with Crippen LogP contribution in [0.3, 0.4) is 0 Å². The van der Waals surface area contributed by atoms with Gasteiger partial charge in [-0.25, -0.2) is 17.4 Å². The number of sulfone groups is 1. The van der Waals surface area contributed by atoms with Gasteiger partial charge in [0.25, 0.3) is 0 Å². The van der Waals surface area contributed by atoms with Gasteiger partial charge in [-0.1, -0.05) is 0 Å². The van der Waals surface area contributed by atoms with Crippen molar-refractivity contribution in [2.75, 3.05) is 33.1 Å². The molecule has 2 aliphatic rings. The maximum Gasteiger partial charge on any atom is 0.238 e. The number of hydrogen-bond acceptors (Lipinski definition) is 4. The molecule has 0 saturated carbocycles. The zero-order chi connectivity index (χ0) is 18.0. The van der Waals surface area contributed by atoms with E-state index < -0.39 is 16.0 Å². The molecule has 1 aromatic carbocycles. The standard InChI is InChI=1S/C18H26FN2O3S/c1-21-17(14-3-5-15(6-4-14)25(2,22)23)8-7-16(19)18(21)20-11-13-9-10-24-12-13/h3-6,13,16,18,20H,7-12H2,1-2H3/q+1. The van der Waals surface area contributed by atoms with E-state index in [9.17, 15) is 12.8 Å². The van der Waals surface area contributed by atoms with E-state index in [1.807, 2.05) is 23.8 Å². The van der Waals surface area contributed by atoms with E-state index in [4.69, 9.17) is 4.74 Å². The van der Waals surface area contributed by atoms with E-state index in [2.05, 4.69) is 5.32 Å². The molecule has 1 N–H and O–H groups in total. The summed E-state index contributed by atoms with van der Waals surface area (Å²) in [6.45, 7) is 2.27. The molecule has 1 saturated heterocycles. The maximum absolute atomic E-state index is 14.5. The van der Waals surface area contributed by atoms with Crippen molar-refractivity contribution in [3.8, 4) is 0 Å². The first-order chi connectivity index (χ1) is 11.9. The average molecular weight is 369 g/mol. The van der Waals surface area contributed by atoms with Crippen LogP contribution < -0.4 is 5.32 Å². The summed E-state index contributed by atoms with van der Waals surface area (Å²) in [5.41, 5.74) is 1.98. The fourth-order valence-electron chi connectivity index (χ4n) is 3.56. The summed E-state index contributed by atoms with van der Waals surface area (Å²) in [4.78, 5) is 0.301. The zero-order valence-corrected chi connectivity index (χ0v) is 15.6. The summed E-state index contributed by atoms with van der Waals surface area (Å²) in [5, 5.41) is 3.35. The number of nitrogens with one attached hydrogen (secondary N) is 1. The minimum Gasteiger partial charge on any atom is -0.381 e. The molecule has 2 heterocycles. The Labute approximate surface area is 148 Å². The number of hydrogen-bond donors (Lipinski definition) is 1. The molecule has 25 heavy (non-hydrogen) atoms. The molecule has 5 nitrogen and oxygen atoms in total. The molecule has 0 radical (unpaired) electrons. The van der Waals surface area contributed by atoms with Gasteiger partial charge < -0.3 is 4.74 Å². The lowest BCUT2D eigenvalue weighted by atomic mass is 9.98. The molecule has 138 valence electrons. The summed E-state index contributed by atoms with van der Waals surface area (Å²) in [6.07, 6.45) is 2.03. The van der Waals surface area contributed by atoms with Crippen LogP contribution in [0.15, 0.2) is 29.2 Å². The van der Waals surface area contributed by atoms with Crippen molar-refractivity contribution in [1.29, 1.82) is 0 Å². The van der Waals surface area contributed by atoms with Crippen LogP contribution in [0.25, 0.3) is 0 Å². The number of benzene rings is 1. The Morgan fingerprint density at radius 3 is 2.60 bits per heavy atom. The predicted molar refractivity (Wildman–Crippen MR) is 94.7 cm³/mol. The largest absolute Gasteiger partial charge is 0.381 e. The Kier molecular flexibility index (Phi) is 5.55. The Hall–Kier alpha value is -1.31. The van der Waals surface area contributed by atoms with Crippen LogP contribution in [0.5, 0.6) is 0 Å². The topological polar surface area (TPSA) is 58.4 Å². The Bertz CT molecular complexity index is 740. The normalized spacial score (nSPS) is 27.7. The van der Waals surface area contributed by atoms with Gasteiger partial charge >= 0.3 is 0 Å². The van der Waals surface area contributed by atoms with Crippen molar-refractivity contribution < 1.29 is 22.1 Å². The number of alkyl halides is 1. The first-order valence-electron chi connectivity index (χ1n) is 8.70. The third-order valence-corrected chi connectivity index (χ3v) is 6.23. The molecule has 0 aliphatic carbocycles. The first-order valence-corrected chi connectivity index (χ1v) is 10.6. The zero-order valence-electron chi connectivity index (χ0n) is 14.7. The highest BCUT2D eigenvalue weighted by molar-refractivity contribution is 7.90. The van der Waals surface area contributed by atoms with E-state index in [-0.39, 0.29) is 6.17 Å². The van der Waals surface area contributed by atoms with Crippen LogP contribution in [0.4, 0.5) is 4.39 Å². The van der Waals surface area contributed by atoms with Crippen LogP contribution in [0, 0.1) is 5.92 Å². The minimum atomic E-state index is -3.21. The fourth-order valence-corrected chi connectivity index (χ4v) is 4.19. The van der Waals surface area contributed by atoms with E-state index in [0.717, 1.165) is 37.5 Å². The second-order valence-electron chi connectivity index (χ2n) is 6.99. The number of halogens is 1. The van der Waals surface area contributed by atoms with Crippen molar-refractivity contribution in [3.63, 3.8) is 0 Å². The lowest BCUT2D eigenvalue weighted by Gasteiger charge is -2.26. The van der Waals surface area contributed by atoms with Crippen molar-refractivity contribution in [3.05, 3.63) is 29.8 Å². The van der Waals surface area contributed by atoms with Gasteiger partial charge in [0.1, 0.15) is 7.05 Å². The first kappa shape index (κ1) is 18.5. The van der Waals surface area contributed by atoms with Gasteiger partial charge in [0, 0.05) is 31.4 Å². The second kappa shape index (κ2) is 7.51. The molecule has 0 aromatic heterocycles. The van der Waals surface area contributed by atoms with Gasteiger partial charge in [0.2, 0.25) is 6.17 Å². The van der Waals surface area contributed by atoms with Gasteiger partial charge in [0.05, 0.1) is 11.5 Å². The van der Waals surface area contributed by atoms with E-state index in [1.54, 1.807) is 12.1 Å². The van der Waals surface area contributed by atoms with Crippen LogP contribution in [-0.4, -0.2) is 64.1 Å². The van der Waals surface area contributed by atoms with E-state index >= 15 is 0 Å². The highest BCUT2D eigenvalue weighted by Crippen LogP contribution is 2.21. The van der Waals surface area contributed by atoms with Crippen LogP contribution >= 0.6 is 0 Å². The highest BCUT2D eigenvalue weighted by atomic mass is 32.2. The third-order valence-electron chi connectivity index (χ3n) is 5.10. The van der Waals surface area contributed by atoms with Crippen molar-refractivity contribution in [1.82, 2.24) is 5.32 Å². The molecule has 1 fully saturated rings. The highest BCUT2D eigenvalue weighted by Gasteiger charge is 2.37. The Balaban J connectivity index is 1.79. The molecular weight excluding hydrogens is 343 g/mol. The number of rotatable bonds is 5. The number of ether oxygens (including phenoxy) is 1. The molecule has 0 spiro atoms. The summed E-state index contributed by atoms with van der Waals surface area (Å²) in [6, 6.07) is 6.85.